The van der Waals surface area contributed by atoms with Crippen LogP contribution < -0.4 is 10.5 Å². The van der Waals surface area contributed by atoms with Crippen LogP contribution in [0.2, 0.25) is 0 Å². The molecule has 0 amide bonds. The third-order valence-electron chi connectivity index (χ3n) is 3.10. The van der Waals surface area contributed by atoms with Gasteiger partial charge in [-0.1, -0.05) is 37.3 Å². The smallest absolute Gasteiger partial charge is 0.132 e. The molecule has 0 heterocycles. The van der Waals surface area contributed by atoms with Gasteiger partial charge in [-0.3, -0.25) is 0 Å². The van der Waals surface area contributed by atoms with Gasteiger partial charge in [0.05, 0.1) is 6.61 Å². The molecule has 0 spiro atoms. The SMILES string of the molecule is CCC(N)c1cccc(Oc2ccccc2CO)c1. The van der Waals surface area contributed by atoms with Gasteiger partial charge in [-0.25, -0.2) is 0 Å². The summed E-state index contributed by atoms with van der Waals surface area (Å²) >= 11 is 0. The molecule has 2 aromatic carbocycles. The Balaban J connectivity index is 2.23. The van der Waals surface area contributed by atoms with Crippen LogP contribution in [0.1, 0.15) is 30.5 Å². The van der Waals surface area contributed by atoms with E-state index in [1.807, 2.05) is 48.5 Å². The molecule has 2 rings (SSSR count). The second-order valence-electron chi connectivity index (χ2n) is 4.46. The Morgan fingerprint density at radius 2 is 1.95 bits per heavy atom. The van der Waals surface area contributed by atoms with Gasteiger partial charge in [0.1, 0.15) is 11.5 Å². The van der Waals surface area contributed by atoms with Crippen molar-refractivity contribution in [3.8, 4) is 11.5 Å². The van der Waals surface area contributed by atoms with Crippen molar-refractivity contribution in [3.63, 3.8) is 0 Å². The van der Waals surface area contributed by atoms with Crippen molar-refractivity contribution >= 4 is 0 Å². The molecule has 1 atom stereocenters. The fraction of sp³-hybridized carbons (Fsp3) is 0.250. The molecule has 3 heteroatoms. The number of ether oxygens (including phenoxy) is 1. The maximum absolute atomic E-state index is 9.28. The van der Waals surface area contributed by atoms with Gasteiger partial charge in [0.2, 0.25) is 0 Å². The molecule has 0 fully saturated rings. The number of hydrogen-bond acceptors (Lipinski definition) is 3. The molecule has 100 valence electrons. The predicted octanol–water partition coefficient (Wildman–Crippen LogP) is 3.38. The largest absolute Gasteiger partial charge is 0.457 e. The van der Waals surface area contributed by atoms with E-state index in [1.165, 1.54) is 0 Å². The van der Waals surface area contributed by atoms with Gasteiger partial charge in [-0.05, 0) is 30.2 Å². The van der Waals surface area contributed by atoms with Crippen LogP contribution in [-0.4, -0.2) is 5.11 Å². The predicted molar refractivity (Wildman–Crippen MR) is 76.1 cm³/mol. The zero-order valence-electron chi connectivity index (χ0n) is 11.0. The van der Waals surface area contributed by atoms with Crippen LogP contribution in [0.25, 0.3) is 0 Å². The van der Waals surface area contributed by atoms with Gasteiger partial charge in [0, 0.05) is 11.6 Å². The highest BCUT2D eigenvalue weighted by molar-refractivity contribution is 5.39. The highest BCUT2D eigenvalue weighted by Crippen LogP contribution is 2.27. The number of aliphatic hydroxyl groups is 1. The summed E-state index contributed by atoms with van der Waals surface area (Å²) in [7, 11) is 0. The minimum absolute atomic E-state index is 0.0247. The van der Waals surface area contributed by atoms with E-state index in [0.717, 1.165) is 23.3 Å². The summed E-state index contributed by atoms with van der Waals surface area (Å²) in [5, 5.41) is 9.28. The minimum atomic E-state index is -0.0374. The van der Waals surface area contributed by atoms with Crippen molar-refractivity contribution in [2.24, 2.45) is 5.73 Å². The molecule has 0 bridgehead atoms. The third kappa shape index (κ3) is 3.34. The van der Waals surface area contributed by atoms with Crippen molar-refractivity contribution < 1.29 is 9.84 Å². The van der Waals surface area contributed by atoms with Crippen molar-refractivity contribution in [3.05, 3.63) is 59.7 Å². The van der Waals surface area contributed by atoms with Gasteiger partial charge < -0.3 is 15.6 Å². The van der Waals surface area contributed by atoms with Crippen LogP contribution in [0, 0.1) is 0 Å². The van der Waals surface area contributed by atoms with Crippen LogP contribution in [0.4, 0.5) is 0 Å². The molecule has 3 N–H and O–H groups in total. The van der Waals surface area contributed by atoms with Crippen molar-refractivity contribution in [2.45, 2.75) is 26.0 Å². The van der Waals surface area contributed by atoms with Crippen LogP contribution in [-0.2, 0) is 6.61 Å². The number of rotatable bonds is 5. The molecule has 0 saturated heterocycles. The van der Waals surface area contributed by atoms with Gasteiger partial charge in [0.25, 0.3) is 0 Å². The van der Waals surface area contributed by atoms with Crippen LogP contribution in [0.15, 0.2) is 48.5 Å². The standard InChI is InChI=1S/C16H19NO2/c1-2-15(17)12-7-5-8-14(10-12)19-16-9-4-3-6-13(16)11-18/h3-10,15,18H,2,11,17H2,1H3. The van der Waals surface area contributed by atoms with Crippen LogP contribution in [0.5, 0.6) is 11.5 Å². The summed E-state index contributed by atoms with van der Waals surface area (Å²) in [6.07, 6.45) is 0.886. The molecule has 0 radical (unpaired) electrons. The van der Waals surface area contributed by atoms with E-state index in [1.54, 1.807) is 0 Å². The highest BCUT2D eigenvalue weighted by Gasteiger charge is 2.07. The molecule has 2 aromatic rings. The monoisotopic (exact) mass is 257 g/mol. The molecule has 0 saturated carbocycles. The van der Waals surface area contributed by atoms with Gasteiger partial charge in [-0.2, -0.15) is 0 Å². The molecule has 0 aromatic heterocycles. The fourth-order valence-corrected chi connectivity index (χ4v) is 1.91. The quantitative estimate of drug-likeness (QED) is 0.863. The first-order valence-corrected chi connectivity index (χ1v) is 6.46. The Morgan fingerprint density at radius 3 is 2.68 bits per heavy atom. The second-order valence-corrected chi connectivity index (χ2v) is 4.46. The average molecular weight is 257 g/mol. The lowest BCUT2D eigenvalue weighted by Gasteiger charge is -2.13. The summed E-state index contributed by atoms with van der Waals surface area (Å²) in [4.78, 5) is 0. The summed E-state index contributed by atoms with van der Waals surface area (Å²) in [5.74, 6) is 1.41. The van der Waals surface area contributed by atoms with Crippen molar-refractivity contribution in [1.82, 2.24) is 0 Å². The fourth-order valence-electron chi connectivity index (χ4n) is 1.91. The molecular weight excluding hydrogens is 238 g/mol. The first-order chi connectivity index (χ1) is 9.24. The zero-order valence-corrected chi connectivity index (χ0v) is 11.0. The van der Waals surface area contributed by atoms with Gasteiger partial charge in [0.15, 0.2) is 0 Å². The topological polar surface area (TPSA) is 55.5 Å². The number of aliphatic hydroxyl groups excluding tert-OH is 1. The summed E-state index contributed by atoms with van der Waals surface area (Å²) in [6.45, 7) is 2.02. The van der Waals surface area contributed by atoms with Gasteiger partial charge in [-0.15, -0.1) is 0 Å². The number of para-hydroxylation sites is 1. The molecule has 0 aliphatic heterocycles. The van der Waals surface area contributed by atoms with Crippen molar-refractivity contribution in [2.75, 3.05) is 0 Å². The summed E-state index contributed by atoms with van der Waals surface area (Å²) in [5.41, 5.74) is 7.84. The Labute approximate surface area is 113 Å². The summed E-state index contributed by atoms with van der Waals surface area (Å²) in [6, 6.07) is 15.2. The third-order valence-corrected chi connectivity index (χ3v) is 3.10. The number of nitrogens with two attached hydrogens (primary N) is 1. The lowest BCUT2D eigenvalue weighted by Crippen LogP contribution is -2.08. The second kappa shape index (κ2) is 6.36. The van der Waals surface area contributed by atoms with E-state index < -0.39 is 0 Å². The normalized spacial score (nSPS) is 12.2. The first-order valence-electron chi connectivity index (χ1n) is 6.46. The number of hydrogen-bond donors (Lipinski definition) is 2. The van der Waals surface area contributed by atoms with Crippen molar-refractivity contribution in [1.29, 1.82) is 0 Å². The van der Waals surface area contributed by atoms with Crippen LogP contribution >= 0.6 is 0 Å². The Bertz CT molecular complexity index is 540. The van der Waals surface area contributed by atoms with E-state index in [4.69, 9.17) is 10.5 Å². The number of benzene rings is 2. The van der Waals surface area contributed by atoms with E-state index >= 15 is 0 Å². The molecule has 1 unspecified atom stereocenters. The Kier molecular flexibility index (Phi) is 4.55. The molecular formula is C16H19NO2. The van der Waals surface area contributed by atoms with Crippen LogP contribution in [0.3, 0.4) is 0 Å². The first kappa shape index (κ1) is 13.6. The highest BCUT2D eigenvalue weighted by atomic mass is 16.5. The molecule has 19 heavy (non-hydrogen) atoms. The Morgan fingerprint density at radius 1 is 1.16 bits per heavy atom. The van der Waals surface area contributed by atoms with E-state index in [9.17, 15) is 5.11 Å². The van der Waals surface area contributed by atoms with E-state index in [0.29, 0.717) is 5.75 Å². The van der Waals surface area contributed by atoms with E-state index in [2.05, 4.69) is 6.92 Å². The van der Waals surface area contributed by atoms with E-state index in [-0.39, 0.29) is 12.6 Å². The average Bonchev–Trinajstić information content (AvgIpc) is 2.47. The molecule has 3 nitrogen and oxygen atoms in total. The zero-order chi connectivity index (χ0) is 13.7. The lowest BCUT2D eigenvalue weighted by atomic mass is 10.1. The molecule has 0 aliphatic carbocycles. The van der Waals surface area contributed by atoms with Gasteiger partial charge >= 0.3 is 0 Å². The maximum Gasteiger partial charge on any atom is 0.132 e. The minimum Gasteiger partial charge on any atom is -0.457 e. The Hall–Kier alpha value is -1.84. The molecule has 0 aliphatic rings. The maximum atomic E-state index is 9.28. The lowest BCUT2D eigenvalue weighted by molar-refractivity contribution is 0.276. The summed E-state index contributed by atoms with van der Waals surface area (Å²) < 4.78 is 5.82.